The first kappa shape index (κ1) is 12.3. The molecule has 0 N–H and O–H groups in total. The molecule has 0 aliphatic rings. The Balaban J connectivity index is 2.78. The van der Waals surface area contributed by atoms with Crippen molar-refractivity contribution >= 4 is 29.3 Å². The third-order valence-corrected chi connectivity index (χ3v) is 3.20. The van der Waals surface area contributed by atoms with Gasteiger partial charge in [0.1, 0.15) is 5.03 Å². The predicted octanol–water partition coefficient (Wildman–Crippen LogP) is 1.98. The zero-order valence-corrected chi connectivity index (χ0v) is 10.0. The summed E-state index contributed by atoms with van der Waals surface area (Å²) in [7, 11) is 1.31. The Kier molecular flexibility index (Phi) is 4.84. The summed E-state index contributed by atoms with van der Waals surface area (Å²) in [5, 5.41) is 0.903. The molecule has 0 spiro atoms. The van der Waals surface area contributed by atoms with Gasteiger partial charge in [0, 0.05) is 11.1 Å². The van der Waals surface area contributed by atoms with Crippen molar-refractivity contribution in [3.63, 3.8) is 0 Å². The van der Waals surface area contributed by atoms with Crippen molar-refractivity contribution in [1.82, 2.24) is 9.97 Å². The number of carbonyl (C=O) groups is 1. The molecule has 82 valence electrons. The number of alkyl halides is 1. The zero-order chi connectivity index (χ0) is 11.3. The fourth-order valence-corrected chi connectivity index (χ4v) is 1.78. The number of rotatable bonds is 4. The van der Waals surface area contributed by atoms with E-state index in [0.29, 0.717) is 10.9 Å². The number of carbonyl (C=O) groups excluding carboxylic acids is 1. The molecule has 1 unspecified atom stereocenters. The highest BCUT2D eigenvalue weighted by molar-refractivity contribution is 7.99. The van der Waals surface area contributed by atoms with E-state index in [1.807, 2.05) is 6.92 Å². The molecule has 1 heterocycles. The number of nitrogens with zero attached hydrogens (tertiary/aromatic N) is 2. The maximum Gasteiger partial charge on any atom is 0.358 e. The summed E-state index contributed by atoms with van der Waals surface area (Å²) in [6, 6.07) is 0. The number of esters is 1. The second-order valence-electron chi connectivity index (χ2n) is 2.82. The van der Waals surface area contributed by atoms with Crippen molar-refractivity contribution in [3.05, 3.63) is 18.1 Å². The van der Waals surface area contributed by atoms with Gasteiger partial charge in [0.15, 0.2) is 5.69 Å². The van der Waals surface area contributed by atoms with Gasteiger partial charge >= 0.3 is 5.97 Å². The van der Waals surface area contributed by atoms with E-state index in [-0.39, 0.29) is 10.9 Å². The first-order valence-electron chi connectivity index (χ1n) is 4.30. The highest BCUT2D eigenvalue weighted by atomic mass is 35.5. The van der Waals surface area contributed by atoms with Gasteiger partial charge in [0.05, 0.1) is 19.5 Å². The molecule has 0 aliphatic heterocycles. The van der Waals surface area contributed by atoms with Crippen LogP contribution in [-0.4, -0.2) is 34.2 Å². The summed E-state index contributed by atoms with van der Waals surface area (Å²) in [5.74, 6) is 0.0397. The lowest BCUT2D eigenvalue weighted by molar-refractivity contribution is 0.0592. The number of hydrogen-bond donors (Lipinski definition) is 0. The van der Waals surface area contributed by atoms with Gasteiger partial charge < -0.3 is 4.74 Å². The van der Waals surface area contributed by atoms with Crippen LogP contribution in [0.3, 0.4) is 0 Å². The Morgan fingerprint density at radius 3 is 3.00 bits per heavy atom. The maximum atomic E-state index is 11.2. The molecule has 0 amide bonds. The van der Waals surface area contributed by atoms with Crippen LogP contribution in [0.2, 0.25) is 0 Å². The largest absolute Gasteiger partial charge is 0.464 e. The summed E-state index contributed by atoms with van der Waals surface area (Å²) in [4.78, 5) is 19.2. The summed E-state index contributed by atoms with van der Waals surface area (Å²) < 4.78 is 4.55. The average Bonchev–Trinajstić information content (AvgIpc) is 2.28. The SMILES string of the molecule is COC(=O)c1cncc(SC(C)CCl)n1. The molecule has 0 saturated heterocycles. The minimum Gasteiger partial charge on any atom is -0.464 e. The number of ether oxygens (including phenoxy) is 1. The van der Waals surface area contributed by atoms with Gasteiger partial charge in [0.25, 0.3) is 0 Å². The molecule has 0 radical (unpaired) electrons. The Hall–Kier alpha value is -0.810. The van der Waals surface area contributed by atoms with E-state index >= 15 is 0 Å². The van der Waals surface area contributed by atoms with Crippen molar-refractivity contribution in [2.75, 3.05) is 13.0 Å². The maximum absolute atomic E-state index is 11.2. The van der Waals surface area contributed by atoms with Crippen LogP contribution < -0.4 is 0 Å². The van der Waals surface area contributed by atoms with Crippen LogP contribution in [0.25, 0.3) is 0 Å². The smallest absolute Gasteiger partial charge is 0.358 e. The van der Waals surface area contributed by atoms with E-state index in [1.165, 1.54) is 25.1 Å². The van der Waals surface area contributed by atoms with E-state index in [4.69, 9.17) is 11.6 Å². The molecule has 15 heavy (non-hydrogen) atoms. The molecule has 0 saturated carbocycles. The van der Waals surface area contributed by atoms with E-state index in [1.54, 1.807) is 6.20 Å². The van der Waals surface area contributed by atoms with Crippen LogP contribution >= 0.6 is 23.4 Å². The van der Waals surface area contributed by atoms with Crippen LogP contribution in [0.15, 0.2) is 17.4 Å². The second kappa shape index (κ2) is 5.92. The monoisotopic (exact) mass is 246 g/mol. The van der Waals surface area contributed by atoms with Crippen molar-refractivity contribution in [3.8, 4) is 0 Å². The molecule has 0 bridgehead atoms. The van der Waals surface area contributed by atoms with Crippen molar-refractivity contribution in [2.45, 2.75) is 17.2 Å². The Bertz CT molecular complexity index is 349. The van der Waals surface area contributed by atoms with Gasteiger partial charge in [-0.15, -0.1) is 23.4 Å². The lowest BCUT2D eigenvalue weighted by Gasteiger charge is -2.06. The van der Waals surface area contributed by atoms with E-state index in [0.717, 1.165) is 0 Å². The van der Waals surface area contributed by atoms with Crippen LogP contribution in [-0.2, 0) is 4.74 Å². The highest BCUT2D eigenvalue weighted by Crippen LogP contribution is 2.21. The van der Waals surface area contributed by atoms with Crippen molar-refractivity contribution in [1.29, 1.82) is 0 Å². The van der Waals surface area contributed by atoms with Gasteiger partial charge in [-0.1, -0.05) is 6.92 Å². The number of aromatic nitrogens is 2. The summed E-state index contributed by atoms with van der Waals surface area (Å²) >= 11 is 7.14. The number of hydrogen-bond acceptors (Lipinski definition) is 5. The minimum atomic E-state index is -0.483. The number of methoxy groups -OCH3 is 1. The third kappa shape index (κ3) is 3.68. The van der Waals surface area contributed by atoms with Crippen LogP contribution in [0.4, 0.5) is 0 Å². The number of thioether (sulfide) groups is 1. The number of halogens is 1. The second-order valence-corrected chi connectivity index (χ2v) is 4.58. The lowest BCUT2D eigenvalue weighted by Crippen LogP contribution is -2.06. The molecular weight excluding hydrogens is 236 g/mol. The quantitative estimate of drug-likeness (QED) is 0.462. The third-order valence-electron chi connectivity index (χ3n) is 1.55. The summed E-state index contributed by atoms with van der Waals surface area (Å²) in [5.41, 5.74) is 0.212. The topological polar surface area (TPSA) is 52.1 Å². The zero-order valence-electron chi connectivity index (χ0n) is 8.44. The highest BCUT2D eigenvalue weighted by Gasteiger charge is 2.10. The summed E-state index contributed by atoms with van der Waals surface area (Å²) in [6.07, 6.45) is 2.97. The standard InChI is InChI=1S/C9H11ClN2O2S/c1-6(3-10)15-8-5-11-4-7(12-8)9(13)14-2/h4-6H,3H2,1-2H3. The normalized spacial score (nSPS) is 12.2. The van der Waals surface area contributed by atoms with Crippen LogP contribution in [0.1, 0.15) is 17.4 Å². The van der Waals surface area contributed by atoms with Crippen molar-refractivity contribution < 1.29 is 9.53 Å². The summed E-state index contributed by atoms with van der Waals surface area (Å²) in [6.45, 7) is 1.98. The molecule has 4 nitrogen and oxygen atoms in total. The van der Waals surface area contributed by atoms with Gasteiger partial charge in [-0.05, 0) is 0 Å². The molecule has 0 aliphatic carbocycles. The fraction of sp³-hybridized carbons (Fsp3) is 0.444. The molecule has 6 heteroatoms. The predicted molar refractivity (Wildman–Crippen MR) is 59.4 cm³/mol. The fourth-order valence-electron chi connectivity index (χ4n) is 0.845. The van der Waals surface area contributed by atoms with Gasteiger partial charge in [0.2, 0.25) is 0 Å². The van der Waals surface area contributed by atoms with Crippen LogP contribution in [0, 0.1) is 0 Å². The Labute approximate surface area is 97.4 Å². The Morgan fingerprint density at radius 1 is 1.67 bits per heavy atom. The average molecular weight is 247 g/mol. The molecule has 1 rings (SSSR count). The molecule has 0 aromatic carbocycles. The van der Waals surface area contributed by atoms with Crippen LogP contribution in [0.5, 0.6) is 0 Å². The molecule has 1 atom stereocenters. The molecular formula is C9H11ClN2O2S. The first-order valence-corrected chi connectivity index (χ1v) is 5.71. The van der Waals surface area contributed by atoms with Gasteiger partial charge in [-0.2, -0.15) is 0 Å². The van der Waals surface area contributed by atoms with E-state index < -0.39 is 5.97 Å². The van der Waals surface area contributed by atoms with E-state index in [9.17, 15) is 4.79 Å². The molecule has 1 aromatic heterocycles. The van der Waals surface area contributed by atoms with Gasteiger partial charge in [-0.25, -0.2) is 9.78 Å². The first-order chi connectivity index (χ1) is 7.17. The molecule has 1 aromatic rings. The van der Waals surface area contributed by atoms with Gasteiger partial charge in [-0.3, -0.25) is 4.98 Å². The molecule has 0 fully saturated rings. The minimum absolute atomic E-state index is 0.212. The van der Waals surface area contributed by atoms with E-state index in [2.05, 4.69) is 14.7 Å². The van der Waals surface area contributed by atoms with Crippen molar-refractivity contribution in [2.24, 2.45) is 0 Å². The lowest BCUT2D eigenvalue weighted by atomic mass is 10.5. The Morgan fingerprint density at radius 2 is 2.40 bits per heavy atom.